The van der Waals surface area contributed by atoms with E-state index in [1.165, 1.54) is 19.3 Å². The Morgan fingerprint density at radius 1 is 1.28 bits per heavy atom. The lowest BCUT2D eigenvalue weighted by molar-refractivity contribution is 0.399. The maximum absolute atomic E-state index is 9.80. The lowest BCUT2D eigenvalue weighted by Crippen LogP contribution is -2.24. The molecule has 2 rings (SSSR count). The molecule has 0 aliphatic heterocycles. The van der Waals surface area contributed by atoms with Gasteiger partial charge in [-0.2, -0.15) is 0 Å². The van der Waals surface area contributed by atoms with Crippen LogP contribution in [-0.4, -0.2) is 16.8 Å². The smallest absolute Gasteiger partial charge is 0.124 e. The minimum absolute atomic E-state index is 0.0258. The van der Waals surface area contributed by atoms with Crippen LogP contribution in [0.3, 0.4) is 0 Å². The standard InChI is InChI=1S/C15H23NO2/c1-10-6-7-12(8-10)9-16-11(2)15-13(17)4-3-5-14(15)18/h3-5,10-12,16-18H,6-9H2,1-2H3. The van der Waals surface area contributed by atoms with E-state index in [4.69, 9.17) is 0 Å². The largest absolute Gasteiger partial charge is 0.507 e. The lowest BCUT2D eigenvalue weighted by atomic mass is 10.0. The van der Waals surface area contributed by atoms with Crippen LogP contribution >= 0.6 is 0 Å². The maximum Gasteiger partial charge on any atom is 0.124 e. The van der Waals surface area contributed by atoms with Crippen molar-refractivity contribution < 1.29 is 10.2 Å². The van der Waals surface area contributed by atoms with Gasteiger partial charge >= 0.3 is 0 Å². The summed E-state index contributed by atoms with van der Waals surface area (Å²) < 4.78 is 0. The highest BCUT2D eigenvalue weighted by molar-refractivity contribution is 5.44. The van der Waals surface area contributed by atoms with Gasteiger partial charge in [0.25, 0.3) is 0 Å². The second-order valence-corrected chi connectivity index (χ2v) is 5.62. The summed E-state index contributed by atoms with van der Waals surface area (Å²) in [7, 11) is 0. The van der Waals surface area contributed by atoms with E-state index in [1.807, 2.05) is 6.92 Å². The zero-order valence-corrected chi connectivity index (χ0v) is 11.2. The first-order valence-electron chi connectivity index (χ1n) is 6.82. The summed E-state index contributed by atoms with van der Waals surface area (Å²) in [4.78, 5) is 0. The van der Waals surface area contributed by atoms with Gasteiger partial charge in [-0.1, -0.05) is 19.4 Å². The number of hydrogen-bond donors (Lipinski definition) is 3. The minimum Gasteiger partial charge on any atom is -0.507 e. The monoisotopic (exact) mass is 249 g/mol. The maximum atomic E-state index is 9.80. The van der Waals surface area contributed by atoms with Crippen molar-refractivity contribution in [1.29, 1.82) is 0 Å². The molecule has 1 fully saturated rings. The normalized spacial score (nSPS) is 25.2. The molecule has 3 N–H and O–H groups in total. The van der Waals surface area contributed by atoms with Crippen molar-refractivity contribution in [2.45, 2.75) is 39.2 Å². The molecule has 1 aromatic carbocycles. The van der Waals surface area contributed by atoms with Crippen LogP contribution in [0.5, 0.6) is 11.5 Å². The van der Waals surface area contributed by atoms with Crippen molar-refractivity contribution >= 4 is 0 Å². The number of hydrogen-bond acceptors (Lipinski definition) is 3. The van der Waals surface area contributed by atoms with Crippen LogP contribution in [-0.2, 0) is 0 Å². The Kier molecular flexibility index (Phi) is 4.12. The first-order valence-corrected chi connectivity index (χ1v) is 6.82. The molecule has 1 aliphatic carbocycles. The number of phenolic OH excluding ortho intramolecular Hbond substituents is 2. The molecule has 18 heavy (non-hydrogen) atoms. The minimum atomic E-state index is -0.0258. The first-order chi connectivity index (χ1) is 8.58. The zero-order valence-electron chi connectivity index (χ0n) is 11.2. The van der Waals surface area contributed by atoms with Gasteiger partial charge in [-0.3, -0.25) is 0 Å². The Balaban J connectivity index is 1.93. The summed E-state index contributed by atoms with van der Waals surface area (Å²) in [5, 5.41) is 23.0. The average Bonchev–Trinajstić information content (AvgIpc) is 2.72. The second kappa shape index (κ2) is 5.61. The van der Waals surface area contributed by atoms with Crippen LogP contribution in [0.2, 0.25) is 0 Å². The van der Waals surface area contributed by atoms with E-state index in [9.17, 15) is 10.2 Å². The Morgan fingerprint density at radius 3 is 2.50 bits per heavy atom. The molecule has 0 amide bonds. The lowest BCUT2D eigenvalue weighted by Gasteiger charge is -2.19. The summed E-state index contributed by atoms with van der Waals surface area (Å²) in [5.41, 5.74) is 0.601. The molecule has 1 saturated carbocycles. The SMILES string of the molecule is CC1CCC(CNC(C)c2c(O)cccc2O)C1. The van der Waals surface area contributed by atoms with Crippen molar-refractivity contribution in [3.05, 3.63) is 23.8 Å². The van der Waals surface area contributed by atoms with Gasteiger partial charge in [0.1, 0.15) is 11.5 Å². The summed E-state index contributed by atoms with van der Waals surface area (Å²) in [6, 6.07) is 4.86. The highest BCUT2D eigenvalue weighted by Gasteiger charge is 2.22. The molecule has 1 aromatic rings. The molecule has 100 valence electrons. The summed E-state index contributed by atoms with van der Waals surface area (Å²) in [5.74, 6) is 1.89. The van der Waals surface area contributed by atoms with Gasteiger partial charge in [-0.05, 0) is 50.3 Å². The van der Waals surface area contributed by atoms with Gasteiger partial charge in [0.2, 0.25) is 0 Å². The fourth-order valence-electron chi connectivity index (χ4n) is 2.94. The Hall–Kier alpha value is -1.22. The van der Waals surface area contributed by atoms with Gasteiger partial charge < -0.3 is 15.5 Å². The van der Waals surface area contributed by atoms with Crippen LogP contribution in [0, 0.1) is 11.8 Å². The number of nitrogens with one attached hydrogen (secondary N) is 1. The number of benzene rings is 1. The highest BCUT2D eigenvalue weighted by Crippen LogP contribution is 2.33. The predicted molar refractivity (Wildman–Crippen MR) is 72.7 cm³/mol. The molecule has 0 heterocycles. The predicted octanol–water partition coefficient (Wildman–Crippen LogP) is 3.18. The zero-order chi connectivity index (χ0) is 13.1. The number of phenols is 2. The molecule has 0 aromatic heterocycles. The molecule has 3 unspecified atom stereocenters. The van der Waals surface area contributed by atoms with Crippen molar-refractivity contribution in [2.24, 2.45) is 11.8 Å². The fourth-order valence-corrected chi connectivity index (χ4v) is 2.94. The van der Waals surface area contributed by atoms with E-state index < -0.39 is 0 Å². The first kappa shape index (κ1) is 13.2. The molecule has 1 aliphatic rings. The summed E-state index contributed by atoms with van der Waals surface area (Å²) in [6.07, 6.45) is 3.89. The van der Waals surface area contributed by atoms with Crippen LogP contribution in [0.4, 0.5) is 0 Å². The molecule has 0 radical (unpaired) electrons. The number of rotatable bonds is 4. The molecule has 0 spiro atoms. The quantitative estimate of drug-likeness (QED) is 0.768. The topological polar surface area (TPSA) is 52.5 Å². The van der Waals surface area contributed by atoms with Crippen LogP contribution < -0.4 is 5.32 Å². The van der Waals surface area contributed by atoms with Crippen molar-refractivity contribution in [3.8, 4) is 11.5 Å². The third kappa shape index (κ3) is 2.96. The van der Waals surface area contributed by atoms with Gasteiger partial charge in [-0.15, -0.1) is 0 Å². The molecule has 0 bridgehead atoms. The fraction of sp³-hybridized carbons (Fsp3) is 0.600. The third-order valence-corrected chi connectivity index (χ3v) is 4.01. The van der Waals surface area contributed by atoms with Crippen LogP contribution in [0.15, 0.2) is 18.2 Å². The molecular formula is C15H23NO2. The van der Waals surface area contributed by atoms with E-state index in [0.717, 1.165) is 18.4 Å². The molecule has 3 heteroatoms. The summed E-state index contributed by atoms with van der Waals surface area (Å²) >= 11 is 0. The molecule has 3 nitrogen and oxygen atoms in total. The highest BCUT2D eigenvalue weighted by atomic mass is 16.3. The van der Waals surface area contributed by atoms with Crippen molar-refractivity contribution in [2.75, 3.05) is 6.54 Å². The van der Waals surface area contributed by atoms with Gasteiger partial charge in [0, 0.05) is 6.04 Å². The van der Waals surface area contributed by atoms with E-state index in [2.05, 4.69) is 12.2 Å². The van der Waals surface area contributed by atoms with Crippen LogP contribution in [0.1, 0.15) is 44.7 Å². The number of aromatic hydroxyl groups is 2. The summed E-state index contributed by atoms with van der Waals surface area (Å²) in [6.45, 7) is 5.24. The van der Waals surface area contributed by atoms with E-state index >= 15 is 0 Å². The Labute approximate surface area is 109 Å². The van der Waals surface area contributed by atoms with Gasteiger partial charge in [0.05, 0.1) is 5.56 Å². The third-order valence-electron chi connectivity index (χ3n) is 4.01. The van der Waals surface area contributed by atoms with E-state index in [0.29, 0.717) is 5.56 Å². The van der Waals surface area contributed by atoms with E-state index in [-0.39, 0.29) is 17.5 Å². The molecular weight excluding hydrogens is 226 g/mol. The van der Waals surface area contributed by atoms with Gasteiger partial charge in [0.15, 0.2) is 0 Å². The van der Waals surface area contributed by atoms with Crippen molar-refractivity contribution in [3.63, 3.8) is 0 Å². The van der Waals surface area contributed by atoms with Crippen molar-refractivity contribution in [1.82, 2.24) is 5.32 Å². The molecule has 3 atom stereocenters. The van der Waals surface area contributed by atoms with Crippen LogP contribution in [0.25, 0.3) is 0 Å². The second-order valence-electron chi connectivity index (χ2n) is 5.62. The molecule has 0 saturated heterocycles. The van der Waals surface area contributed by atoms with E-state index in [1.54, 1.807) is 18.2 Å². The Bertz CT molecular complexity index is 385. The Morgan fingerprint density at radius 2 is 1.94 bits per heavy atom. The average molecular weight is 249 g/mol. The van der Waals surface area contributed by atoms with Gasteiger partial charge in [-0.25, -0.2) is 0 Å².